The molecule has 0 unspecified atom stereocenters. The maximum atomic E-state index is 13.1. The number of benzene rings is 3. The maximum absolute atomic E-state index is 13.1. The molecule has 31 heavy (non-hydrogen) atoms. The number of nitrogens with zero attached hydrogens (tertiary/aromatic N) is 2. The van der Waals surface area contributed by atoms with Gasteiger partial charge in [-0.15, -0.1) is 0 Å². The third-order valence-corrected chi connectivity index (χ3v) is 6.85. The van der Waals surface area contributed by atoms with Crippen LogP contribution in [0.4, 0.5) is 17.3 Å². The van der Waals surface area contributed by atoms with Gasteiger partial charge in [-0.25, -0.2) is 18.4 Å². The van der Waals surface area contributed by atoms with Gasteiger partial charge in [0.15, 0.2) is 11.6 Å². The highest BCUT2D eigenvalue weighted by Crippen LogP contribution is 2.30. The Morgan fingerprint density at radius 3 is 2.10 bits per heavy atom. The highest BCUT2D eigenvalue weighted by Gasteiger charge is 2.19. The van der Waals surface area contributed by atoms with E-state index in [1.165, 1.54) is 0 Å². The zero-order chi connectivity index (χ0) is 22.2. The largest absolute Gasteiger partial charge is 0.337 e. The quantitative estimate of drug-likeness (QED) is 0.366. The molecule has 0 aliphatic rings. The first-order valence-electron chi connectivity index (χ1n) is 9.32. The Morgan fingerprint density at radius 1 is 0.774 bits per heavy atom. The van der Waals surface area contributed by atoms with E-state index in [2.05, 4.69) is 20.0 Å². The molecule has 3 aromatic carbocycles. The molecule has 2 N–H and O–H groups in total. The van der Waals surface area contributed by atoms with Crippen molar-refractivity contribution in [2.45, 2.75) is 18.7 Å². The fourth-order valence-electron chi connectivity index (χ4n) is 2.94. The predicted molar refractivity (Wildman–Crippen MR) is 126 cm³/mol. The van der Waals surface area contributed by atoms with Crippen molar-refractivity contribution in [2.75, 3.05) is 10.0 Å². The van der Waals surface area contributed by atoms with Crippen LogP contribution in [0.1, 0.15) is 11.1 Å². The van der Waals surface area contributed by atoms with Gasteiger partial charge in [0.05, 0.1) is 26.0 Å². The minimum Gasteiger partial charge on any atom is -0.337 e. The molecule has 0 bridgehead atoms. The minimum absolute atomic E-state index is 0.0722. The highest BCUT2D eigenvalue weighted by atomic mass is 35.5. The predicted octanol–water partition coefficient (Wildman–Crippen LogP) is 6.10. The molecule has 0 aliphatic carbocycles. The van der Waals surface area contributed by atoms with E-state index in [1.807, 2.05) is 26.0 Å². The van der Waals surface area contributed by atoms with Crippen LogP contribution < -0.4 is 10.0 Å². The SMILES string of the molecule is Cc1ccc(S(=O)(=O)Nc2nc3ccccc3nc2Nc2ccc(Cl)c(Cl)c2)cc1C. The molecule has 9 heteroatoms. The normalized spacial score (nSPS) is 11.5. The summed E-state index contributed by atoms with van der Waals surface area (Å²) in [4.78, 5) is 9.19. The van der Waals surface area contributed by atoms with E-state index in [1.54, 1.807) is 48.5 Å². The maximum Gasteiger partial charge on any atom is 0.263 e. The molecule has 0 atom stereocenters. The molecule has 0 aliphatic heterocycles. The second-order valence-electron chi connectivity index (χ2n) is 7.01. The summed E-state index contributed by atoms with van der Waals surface area (Å²) in [6, 6.07) is 17.1. The Labute approximate surface area is 190 Å². The van der Waals surface area contributed by atoms with Crippen LogP contribution in [0.15, 0.2) is 65.6 Å². The van der Waals surface area contributed by atoms with Crippen molar-refractivity contribution in [1.29, 1.82) is 0 Å². The summed E-state index contributed by atoms with van der Waals surface area (Å²) in [6.07, 6.45) is 0. The first kappa shape index (κ1) is 21.4. The van der Waals surface area contributed by atoms with Gasteiger partial charge in [0.1, 0.15) is 0 Å². The molecule has 0 fully saturated rings. The molecule has 0 saturated carbocycles. The van der Waals surface area contributed by atoms with Crippen LogP contribution in [0.5, 0.6) is 0 Å². The number of nitrogens with one attached hydrogen (secondary N) is 2. The lowest BCUT2D eigenvalue weighted by Crippen LogP contribution is -2.16. The molecule has 4 aromatic rings. The third-order valence-electron chi connectivity index (χ3n) is 4.77. The summed E-state index contributed by atoms with van der Waals surface area (Å²) >= 11 is 12.1. The van der Waals surface area contributed by atoms with Crippen LogP contribution in [0, 0.1) is 13.8 Å². The standard InChI is InChI=1S/C22H18Cl2N4O2S/c1-13-7-9-16(11-14(13)2)31(29,30)28-22-21(25-15-8-10-17(23)18(24)12-15)26-19-5-3-4-6-20(19)27-22/h3-12H,1-2H3,(H,25,26)(H,27,28). The average molecular weight is 473 g/mol. The van der Waals surface area contributed by atoms with Gasteiger partial charge in [-0.2, -0.15) is 0 Å². The van der Waals surface area contributed by atoms with Crippen molar-refractivity contribution in [3.05, 3.63) is 81.8 Å². The molecule has 1 aromatic heterocycles. The molecule has 0 radical (unpaired) electrons. The monoisotopic (exact) mass is 472 g/mol. The zero-order valence-corrected chi connectivity index (χ0v) is 19.0. The van der Waals surface area contributed by atoms with E-state index in [9.17, 15) is 8.42 Å². The summed E-state index contributed by atoms with van der Waals surface area (Å²) in [5.74, 6) is 0.312. The van der Waals surface area contributed by atoms with Gasteiger partial charge >= 0.3 is 0 Å². The van der Waals surface area contributed by atoms with Gasteiger partial charge < -0.3 is 5.32 Å². The summed E-state index contributed by atoms with van der Waals surface area (Å²) in [5.41, 5.74) is 3.64. The van der Waals surface area contributed by atoms with E-state index in [0.717, 1.165) is 11.1 Å². The lowest BCUT2D eigenvalue weighted by atomic mass is 10.1. The van der Waals surface area contributed by atoms with Crippen LogP contribution in [0.2, 0.25) is 10.0 Å². The fourth-order valence-corrected chi connectivity index (χ4v) is 4.33. The number of halogens is 2. The number of rotatable bonds is 5. The molecular weight excluding hydrogens is 455 g/mol. The zero-order valence-electron chi connectivity index (χ0n) is 16.6. The number of aromatic nitrogens is 2. The summed E-state index contributed by atoms with van der Waals surface area (Å²) in [6.45, 7) is 3.79. The lowest BCUT2D eigenvalue weighted by molar-refractivity contribution is 0.601. The van der Waals surface area contributed by atoms with Crippen molar-refractivity contribution in [3.63, 3.8) is 0 Å². The Kier molecular flexibility index (Phi) is 5.75. The number of hydrogen-bond acceptors (Lipinski definition) is 5. The number of para-hydroxylation sites is 2. The van der Waals surface area contributed by atoms with Crippen LogP contribution >= 0.6 is 23.2 Å². The van der Waals surface area contributed by atoms with Crippen LogP contribution in [0.25, 0.3) is 11.0 Å². The van der Waals surface area contributed by atoms with Gasteiger partial charge in [0.2, 0.25) is 0 Å². The van der Waals surface area contributed by atoms with Crippen molar-refractivity contribution < 1.29 is 8.42 Å². The van der Waals surface area contributed by atoms with E-state index in [4.69, 9.17) is 23.2 Å². The Morgan fingerprint density at radius 2 is 1.45 bits per heavy atom. The fraction of sp³-hybridized carbons (Fsp3) is 0.0909. The summed E-state index contributed by atoms with van der Waals surface area (Å²) in [7, 11) is -3.89. The summed E-state index contributed by atoms with van der Waals surface area (Å²) < 4.78 is 28.7. The first-order valence-corrected chi connectivity index (χ1v) is 11.6. The third kappa shape index (κ3) is 4.58. The van der Waals surface area contributed by atoms with Crippen molar-refractivity contribution in [2.24, 2.45) is 0 Å². The lowest BCUT2D eigenvalue weighted by Gasteiger charge is -2.14. The van der Waals surface area contributed by atoms with E-state index >= 15 is 0 Å². The minimum atomic E-state index is -3.89. The van der Waals surface area contributed by atoms with Gasteiger partial charge in [-0.1, -0.05) is 41.4 Å². The van der Waals surface area contributed by atoms with Crippen LogP contribution in [0.3, 0.4) is 0 Å². The van der Waals surface area contributed by atoms with Crippen molar-refractivity contribution in [3.8, 4) is 0 Å². The van der Waals surface area contributed by atoms with Crippen molar-refractivity contribution >= 4 is 61.6 Å². The first-order chi connectivity index (χ1) is 14.7. The molecule has 6 nitrogen and oxygen atoms in total. The van der Waals surface area contributed by atoms with Crippen LogP contribution in [-0.2, 0) is 10.0 Å². The Bertz CT molecular complexity index is 1410. The van der Waals surface area contributed by atoms with E-state index in [-0.39, 0.29) is 16.5 Å². The molecule has 158 valence electrons. The molecular formula is C22H18Cl2N4O2S. The Balaban J connectivity index is 1.78. The molecule has 0 saturated heterocycles. The van der Waals surface area contributed by atoms with Gasteiger partial charge in [-0.3, -0.25) is 4.72 Å². The van der Waals surface area contributed by atoms with Crippen LogP contribution in [-0.4, -0.2) is 18.4 Å². The number of anilines is 3. The average Bonchev–Trinajstić information content (AvgIpc) is 2.73. The van der Waals surface area contributed by atoms with E-state index in [0.29, 0.717) is 26.8 Å². The number of sulfonamides is 1. The van der Waals surface area contributed by atoms with Gasteiger partial charge in [0, 0.05) is 5.69 Å². The smallest absolute Gasteiger partial charge is 0.263 e. The van der Waals surface area contributed by atoms with Crippen molar-refractivity contribution in [1.82, 2.24) is 9.97 Å². The van der Waals surface area contributed by atoms with Gasteiger partial charge in [0.25, 0.3) is 10.0 Å². The highest BCUT2D eigenvalue weighted by molar-refractivity contribution is 7.92. The topological polar surface area (TPSA) is 84.0 Å². The molecule has 0 spiro atoms. The second kappa shape index (κ2) is 8.34. The Hall–Kier alpha value is -2.87. The second-order valence-corrected chi connectivity index (χ2v) is 9.51. The van der Waals surface area contributed by atoms with E-state index < -0.39 is 10.0 Å². The number of hydrogen-bond donors (Lipinski definition) is 2. The number of aryl methyl sites for hydroxylation is 2. The molecule has 4 rings (SSSR count). The molecule has 0 amide bonds. The number of fused-ring (bicyclic) bond motifs is 1. The molecule has 1 heterocycles. The summed E-state index contributed by atoms with van der Waals surface area (Å²) in [5, 5.41) is 3.85. The van der Waals surface area contributed by atoms with Gasteiger partial charge in [-0.05, 0) is 67.4 Å².